The Bertz CT molecular complexity index is 311. The normalized spacial score (nSPS) is 25.7. The smallest absolute Gasteiger partial charge is 0.202 e. The van der Waals surface area contributed by atoms with Crippen molar-refractivity contribution < 1.29 is 0 Å². The van der Waals surface area contributed by atoms with Gasteiger partial charge < -0.3 is 9.88 Å². The fraction of sp³-hybridized carbons (Fsp3) is 0.727. The third-order valence-corrected chi connectivity index (χ3v) is 4.20. The zero-order valence-corrected chi connectivity index (χ0v) is 10.3. The molecule has 84 valence electrons. The van der Waals surface area contributed by atoms with Crippen LogP contribution in [0.2, 0.25) is 0 Å². The first-order valence-corrected chi connectivity index (χ1v) is 6.92. The quantitative estimate of drug-likeness (QED) is 0.854. The van der Waals surface area contributed by atoms with Crippen molar-refractivity contribution in [2.75, 3.05) is 11.6 Å². The van der Waals surface area contributed by atoms with E-state index in [1.807, 2.05) is 24.2 Å². The van der Waals surface area contributed by atoms with E-state index in [2.05, 4.69) is 28.0 Å². The number of imidazole rings is 1. The van der Waals surface area contributed by atoms with Gasteiger partial charge in [-0.25, -0.2) is 4.98 Å². The molecule has 0 spiro atoms. The molecule has 2 atom stereocenters. The molecule has 0 aliphatic heterocycles. The Morgan fingerprint density at radius 2 is 2.47 bits per heavy atom. The Kier molecular flexibility index (Phi) is 3.57. The number of aromatic nitrogens is 2. The van der Waals surface area contributed by atoms with Crippen LogP contribution in [-0.4, -0.2) is 27.1 Å². The lowest BCUT2D eigenvalue weighted by molar-refractivity contribution is 0.706. The molecule has 0 aromatic carbocycles. The fourth-order valence-electron chi connectivity index (χ4n) is 2.17. The first-order valence-electron chi connectivity index (χ1n) is 5.64. The average molecular weight is 225 g/mol. The topological polar surface area (TPSA) is 29.9 Å². The summed E-state index contributed by atoms with van der Waals surface area (Å²) in [7, 11) is 0. The summed E-state index contributed by atoms with van der Waals surface area (Å²) in [5.74, 6) is 1.03. The fourth-order valence-corrected chi connectivity index (χ4v) is 2.97. The van der Waals surface area contributed by atoms with Crippen LogP contribution < -0.4 is 5.32 Å². The standard InChI is InChI=1S/C11H19N3S/c1-3-14-7-6-12-11(14)13-9-4-5-10(8-9)15-2/h6-7,9-10H,3-5,8H2,1-2H3,(H,12,13). The highest BCUT2D eigenvalue weighted by molar-refractivity contribution is 7.99. The van der Waals surface area contributed by atoms with E-state index in [9.17, 15) is 0 Å². The number of hydrogen-bond acceptors (Lipinski definition) is 3. The third-order valence-electron chi connectivity index (χ3n) is 3.11. The summed E-state index contributed by atoms with van der Waals surface area (Å²) in [5, 5.41) is 4.38. The zero-order chi connectivity index (χ0) is 10.7. The molecule has 1 saturated carbocycles. The lowest BCUT2D eigenvalue weighted by Gasteiger charge is -2.14. The first-order chi connectivity index (χ1) is 7.33. The van der Waals surface area contributed by atoms with Gasteiger partial charge in [0.05, 0.1) is 0 Å². The average Bonchev–Trinajstić information content (AvgIpc) is 2.87. The van der Waals surface area contributed by atoms with Crippen LogP contribution in [0.25, 0.3) is 0 Å². The highest BCUT2D eigenvalue weighted by atomic mass is 32.2. The van der Waals surface area contributed by atoms with E-state index >= 15 is 0 Å². The molecule has 1 aromatic rings. The third kappa shape index (κ3) is 2.48. The van der Waals surface area contributed by atoms with Crippen LogP contribution in [0.15, 0.2) is 12.4 Å². The van der Waals surface area contributed by atoms with Crippen molar-refractivity contribution >= 4 is 17.7 Å². The second kappa shape index (κ2) is 4.92. The molecule has 15 heavy (non-hydrogen) atoms. The van der Waals surface area contributed by atoms with Gasteiger partial charge >= 0.3 is 0 Å². The van der Waals surface area contributed by atoms with Gasteiger partial charge in [-0.05, 0) is 32.4 Å². The molecule has 3 nitrogen and oxygen atoms in total. The molecular weight excluding hydrogens is 206 g/mol. The number of rotatable bonds is 4. The van der Waals surface area contributed by atoms with Gasteiger partial charge in [0.2, 0.25) is 5.95 Å². The molecule has 0 radical (unpaired) electrons. The predicted octanol–water partition coefficient (Wildman–Crippen LogP) is 2.60. The Morgan fingerprint density at radius 3 is 3.13 bits per heavy atom. The second-order valence-corrected chi connectivity index (χ2v) is 5.19. The first kappa shape index (κ1) is 10.9. The number of nitrogens with zero attached hydrogens (tertiary/aromatic N) is 2. The molecule has 1 aliphatic carbocycles. The van der Waals surface area contributed by atoms with Gasteiger partial charge in [-0.1, -0.05) is 0 Å². The van der Waals surface area contributed by atoms with Crippen molar-refractivity contribution in [3.05, 3.63) is 12.4 Å². The van der Waals surface area contributed by atoms with Gasteiger partial charge in [0.25, 0.3) is 0 Å². The predicted molar refractivity (Wildman–Crippen MR) is 66.5 cm³/mol. The number of thioether (sulfide) groups is 1. The van der Waals surface area contributed by atoms with Gasteiger partial charge in [-0.3, -0.25) is 0 Å². The van der Waals surface area contributed by atoms with Gasteiger partial charge in [-0.2, -0.15) is 11.8 Å². The number of nitrogens with one attached hydrogen (secondary N) is 1. The summed E-state index contributed by atoms with van der Waals surface area (Å²) in [6.45, 7) is 3.13. The minimum Gasteiger partial charge on any atom is -0.353 e. The summed E-state index contributed by atoms with van der Waals surface area (Å²) in [4.78, 5) is 4.35. The van der Waals surface area contributed by atoms with Crippen LogP contribution in [0.5, 0.6) is 0 Å². The van der Waals surface area contributed by atoms with Gasteiger partial charge in [0, 0.05) is 30.2 Å². The number of hydrogen-bond donors (Lipinski definition) is 1. The van der Waals surface area contributed by atoms with Crippen LogP contribution in [0.4, 0.5) is 5.95 Å². The number of aryl methyl sites for hydroxylation is 1. The Balaban J connectivity index is 1.92. The maximum atomic E-state index is 4.35. The molecule has 1 N–H and O–H groups in total. The SMILES string of the molecule is CCn1ccnc1NC1CCC(SC)C1. The summed E-state index contributed by atoms with van der Waals surface area (Å²) < 4.78 is 2.16. The maximum absolute atomic E-state index is 4.35. The molecule has 4 heteroatoms. The van der Waals surface area contributed by atoms with Crippen LogP contribution in [0.3, 0.4) is 0 Å². The Hall–Kier alpha value is -0.640. The van der Waals surface area contributed by atoms with E-state index < -0.39 is 0 Å². The molecule has 0 bridgehead atoms. The number of anilines is 1. The van der Waals surface area contributed by atoms with Crippen LogP contribution >= 0.6 is 11.8 Å². The molecule has 1 aromatic heterocycles. The van der Waals surface area contributed by atoms with Gasteiger partial charge in [0.15, 0.2) is 0 Å². The summed E-state index contributed by atoms with van der Waals surface area (Å²) >= 11 is 1.99. The van der Waals surface area contributed by atoms with Crippen molar-refractivity contribution in [3.8, 4) is 0 Å². The lowest BCUT2D eigenvalue weighted by atomic mass is 10.2. The molecule has 1 fully saturated rings. The van der Waals surface area contributed by atoms with E-state index in [-0.39, 0.29) is 0 Å². The highest BCUT2D eigenvalue weighted by Crippen LogP contribution is 2.29. The molecule has 1 heterocycles. The van der Waals surface area contributed by atoms with E-state index in [4.69, 9.17) is 0 Å². The van der Waals surface area contributed by atoms with Crippen LogP contribution in [0, 0.1) is 0 Å². The Morgan fingerprint density at radius 1 is 1.60 bits per heavy atom. The Labute approximate surface area is 95.7 Å². The van der Waals surface area contributed by atoms with E-state index in [0.717, 1.165) is 17.7 Å². The molecular formula is C11H19N3S. The monoisotopic (exact) mass is 225 g/mol. The van der Waals surface area contributed by atoms with Crippen molar-refractivity contribution in [2.45, 2.75) is 44.0 Å². The maximum Gasteiger partial charge on any atom is 0.202 e. The summed E-state index contributed by atoms with van der Waals surface area (Å²) in [5.41, 5.74) is 0. The molecule has 1 aliphatic rings. The van der Waals surface area contributed by atoms with Crippen molar-refractivity contribution in [2.24, 2.45) is 0 Å². The van der Waals surface area contributed by atoms with E-state index in [0.29, 0.717) is 6.04 Å². The molecule has 2 unspecified atom stereocenters. The zero-order valence-electron chi connectivity index (χ0n) is 9.44. The lowest BCUT2D eigenvalue weighted by Crippen LogP contribution is -2.18. The van der Waals surface area contributed by atoms with Crippen molar-refractivity contribution in [3.63, 3.8) is 0 Å². The van der Waals surface area contributed by atoms with E-state index in [1.54, 1.807) is 0 Å². The summed E-state index contributed by atoms with van der Waals surface area (Å²) in [6, 6.07) is 0.621. The second-order valence-electron chi connectivity index (χ2n) is 4.05. The minimum absolute atomic E-state index is 0.621. The van der Waals surface area contributed by atoms with Gasteiger partial charge in [-0.15, -0.1) is 0 Å². The molecule has 2 rings (SSSR count). The van der Waals surface area contributed by atoms with Crippen LogP contribution in [-0.2, 0) is 6.54 Å². The minimum atomic E-state index is 0.621. The largest absolute Gasteiger partial charge is 0.353 e. The van der Waals surface area contributed by atoms with E-state index in [1.165, 1.54) is 19.3 Å². The molecule has 0 amide bonds. The molecule has 0 saturated heterocycles. The van der Waals surface area contributed by atoms with Crippen molar-refractivity contribution in [1.29, 1.82) is 0 Å². The van der Waals surface area contributed by atoms with Crippen LogP contribution in [0.1, 0.15) is 26.2 Å². The van der Waals surface area contributed by atoms with Crippen molar-refractivity contribution in [1.82, 2.24) is 9.55 Å². The summed E-state index contributed by atoms with van der Waals surface area (Å²) in [6.07, 6.45) is 10.0. The van der Waals surface area contributed by atoms with Gasteiger partial charge in [0.1, 0.15) is 0 Å². The highest BCUT2D eigenvalue weighted by Gasteiger charge is 2.24.